The maximum absolute atomic E-state index is 14.6. The number of rotatable bonds is 10. The molecule has 6 nitrogen and oxygen atoms in total. The Bertz CT molecular complexity index is 1610. The van der Waals surface area contributed by atoms with Gasteiger partial charge in [-0.2, -0.15) is 0 Å². The van der Waals surface area contributed by atoms with Gasteiger partial charge >= 0.3 is 0 Å². The first-order valence-electron chi connectivity index (χ1n) is 20.0. The fourth-order valence-electron chi connectivity index (χ4n) is 9.37. The average molecular weight is 671 g/mol. The number of carbonyl (C=O) groups excluding carboxylic acids is 1. The van der Waals surface area contributed by atoms with Crippen LogP contribution in [-0.2, 0) is 11.2 Å². The molecule has 0 radical (unpaired) electrons. The Morgan fingerprint density at radius 2 is 1.77 bits per heavy atom. The van der Waals surface area contributed by atoms with Crippen molar-refractivity contribution in [2.75, 3.05) is 0 Å². The summed E-state index contributed by atoms with van der Waals surface area (Å²) in [5, 5.41) is 12.7. The SMILES string of the molecule is [2H]c1c([2H])c(C)c(C)c([C@@H](NC(=O)C2(C)CCC(F)(F)C(C)C2)C(C)(C)C(C)N2C3C[C@H](n4c(CC)nnc4C(C)CC)C[C@H]2C(C)(C)C3)c1[2H]. The van der Waals surface area contributed by atoms with Crippen molar-refractivity contribution >= 4 is 5.91 Å². The highest BCUT2D eigenvalue weighted by molar-refractivity contribution is 5.83. The molecule has 1 aromatic heterocycles. The molecule has 1 aromatic carbocycles. The number of hydrogen-bond donors (Lipinski definition) is 1. The molecule has 2 bridgehead atoms. The predicted molar refractivity (Wildman–Crippen MR) is 190 cm³/mol. The first kappa shape index (κ1) is 32.8. The molecule has 1 aliphatic carbocycles. The highest BCUT2D eigenvalue weighted by Crippen LogP contribution is 2.55. The summed E-state index contributed by atoms with van der Waals surface area (Å²) in [6.45, 7) is 24.8. The first-order chi connectivity index (χ1) is 23.5. The number of piperidine rings is 1. The minimum atomic E-state index is -2.81. The predicted octanol–water partition coefficient (Wildman–Crippen LogP) is 9.51. The number of carbonyl (C=O) groups is 1. The van der Waals surface area contributed by atoms with Crippen LogP contribution in [0.15, 0.2) is 18.1 Å². The fourth-order valence-corrected chi connectivity index (χ4v) is 9.37. The maximum Gasteiger partial charge on any atom is 0.250 e. The lowest BCUT2D eigenvalue weighted by molar-refractivity contribution is -0.147. The topological polar surface area (TPSA) is 63.1 Å². The van der Waals surface area contributed by atoms with Gasteiger partial charge in [-0.3, -0.25) is 9.69 Å². The van der Waals surface area contributed by atoms with Gasteiger partial charge in [-0.1, -0.05) is 80.4 Å². The van der Waals surface area contributed by atoms with E-state index in [1.165, 1.54) is 6.92 Å². The van der Waals surface area contributed by atoms with Crippen molar-refractivity contribution in [1.82, 2.24) is 25.0 Å². The lowest BCUT2D eigenvalue weighted by Crippen LogP contribution is -2.58. The van der Waals surface area contributed by atoms with E-state index < -0.39 is 28.7 Å². The number of halogens is 2. The molecule has 268 valence electrons. The largest absolute Gasteiger partial charge is 0.348 e. The number of amides is 1. The molecule has 8 atom stereocenters. The van der Waals surface area contributed by atoms with Gasteiger partial charge in [0.1, 0.15) is 11.6 Å². The number of aromatic nitrogens is 3. The number of nitrogens with zero attached hydrogens (tertiary/aromatic N) is 4. The van der Waals surface area contributed by atoms with Gasteiger partial charge in [-0.05, 0) is 81.4 Å². The number of nitrogens with one attached hydrogen (secondary N) is 1. The minimum absolute atomic E-state index is 0.0200. The summed E-state index contributed by atoms with van der Waals surface area (Å²) < 4.78 is 58.2. The zero-order valence-electron chi connectivity index (χ0n) is 34.7. The van der Waals surface area contributed by atoms with E-state index >= 15 is 0 Å². The number of aryl methyl sites for hydroxylation is 1. The number of hydrogen-bond acceptors (Lipinski definition) is 4. The maximum atomic E-state index is 14.6. The Labute approximate surface area is 293 Å². The molecule has 0 spiro atoms. The molecule has 2 aromatic rings. The van der Waals surface area contributed by atoms with E-state index in [0.717, 1.165) is 49.3 Å². The van der Waals surface area contributed by atoms with E-state index in [1.54, 1.807) is 13.8 Å². The van der Waals surface area contributed by atoms with Crippen LogP contribution in [0, 0.1) is 36.0 Å². The van der Waals surface area contributed by atoms with Crippen LogP contribution in [0.4, 0.5) is 8.78 Å². The van der Waals surface area contributed by atoms with Gasteiger partial charge in [0.2, 0.25) is 5.91 Å². The van der Waals surface area contributed by atoms with E-state index in [4.69, 9.17) is 2.74 Å². The second-order valence-corrected chi connectivity index (χ2v) is 17.3. The van der Waals surface area contributed by atoms with Crippen LogP contribution in [0.3, 0.4) is 0 Å². The van der Waals surface area contributed by atoms with Crippen LogP contribution >= 0.6 is 0 Å². The first-order valence-corrected chi connectivity index (χ1v) is 18.5. The smallest absolute Gasteiger partial charge is 0.250 e. The molecular weight excluding hydrogens is 604 g/mol. The van der Waals surface area contributed by atoms with Gasteiger partial charge in [0.25, 0.3) is 5.92 Å². The molecule has 3 fully saturated rings. The van der Waals surface area contributed by atoms with Crippen molar-refractivity contribution in [2.24, 2.45) is 22.2 Å². The molecule has 3 aliphatic rings. The zero-order chi connectivity index (χ0) is 38.2. The third-order valence-electron chi connectivity index (χ3n) is 13.3. The standard InChI is InChI=1S/C40H63F2N5O/c1-13-24(3)35-45-44-33(14-2)47(35)29-20-30-23-37(8,9)32(21-29)46(30)28(7)38(10,11)34(31-17-15-16-25(4)27(31)6)43-36(48)39(12)18-19-40(41,42)26(5)22-39/h15-17,24,26,28-30,32,34H,13-14,18-23H2,1-12H3,(H,43,48)/t24?,26?,28?,29-,30?,32-,34+,39?/m0/s1/i15D,16D,17D. The van der Waals surface area contributed by atoms with Crippen molar-refractivity contribution in [3.8, 4) is 0 Å². The minimum Gasteiger partial charge on any atom is -0.348 e. The van der Waals surface area contributed by atoms with Gasteiger partial charge in [0.05, 0.1) is 10.2 Å². The number of fused-ring (bicyclic) bond motifs is 2. The third kappa shape index (κ3) is 6.37. The lowest BCUT2D eigenvalue weighted by Gasteiger charge is -2.52. The quantitative estimate of drug-likeness (QED) is 0.274. The monoisotopic (exact) mass is 671 g/mol. The zero-order valence-corrected chi connectivity index (χ0v) is 31.7. The van der Waals surface area contributed by atoms with Crippen LogP contribution < -0.4 is 5.32 Å². The van der Waals surface area contributed by atoms with E-state index in [1.807, 2.05) is 6.92 Å². The highest BCUT2D eigenvalue weighted by atomic mass is 19.3. The van der Waals surface area contributed by atoms with Crippen molar-refractivity contribution in [1.29, 1.82) is 0 Å². The Hall–Kier alpha value is -2.35. The molecule has 5 rings (SSSR count). The van der Waals surface area contributed by atoms with E-state index in [9.17, 15) is 14.9 Å². The average Bonchev–Trinajstić information content (AvgIpc) is 3.57. The molecule has 2 aliphatic heterocycles. The second kappa shape index (κ2) is 13.1. The normalized spacial score (nSPS) is 31.4. The van der Waals surface area contributed by atoms with Gasteiger partial charge in [0.15, 0.2) is 0 Å². The van der Waals surface area contributed by atoms with Crippen LogP contribution in [0.1, 0.15) is 165 Å². The van der Waals surface area contributed by atoms with Crippen LogP contribution in [0.5, 0.6) is 0 Å². The molecule has 5 unspecified atom stereocenters. The molecule has 1 N–H and O–H groups in total. The van der Waals surface area contributed by atoms with Crippen LogP contribution in [-0.4, -0.2) is 49.6 Å². The molecular formula is C40H63F2N5O. The Kier molecular flexibility index (Phi) is 8.95. The van der Waals surface area contributed by atoms with Gasteiger partial charge in [0, 0.05) is 59.7 Å². The van der Waals surface area contributed by atoms with E-state index in [0.29, 0.717) is 17.0 Å². The van der Waals surface area contributed by atoms with Gasteiger partial charge < -0.3 is 9.88 Å². The Balaban J connectivity index is 1.56. The summed E-state index contributed by atoms with van der Waals surface area (Å²) in [7, 11) is 0. The second-order valence-electron chi connectivity index (χ2n) is 17.3. The summed E-state index contributed by atoms with van der Waals surface area (Å²) >= 11 is 0. The molecule has 1 amide bonds. The van der Waals surface area contributed by atoms with Crippen LogP contribution in [0.2, 0.25) is 0 Å². The summed E-state index contributed by atoms with van der Waals surface area (Å²) in [5.41, 5.74) is 0.269. The molecule has 2 saturated heterocycles. The summed E-state index contributed by atoms with van der Waals surface area (Å²) in [6.07, 6.45) is 4.57. The molecule has 48 heavy (non-hydrogen) atoms. The van der Waals surface area contributed by atoms with E-state index in [2.05, 4.69) is 80.4 Å². The Morgan fingerprint density at radius 1 is 1.08 bits per heavy atom. The fraction of sp³-hybridized carbons (Fsp3) is 0.775. The summed E-state index contributed by atoms with van der Waals surface area (Å²) in [4.78, 5) is 17.1. The third-order valence-corrected chi connectivity index (χ3v) is 13.3. The van der Waals surface area contributed by atoms with Crippen molar-refractivity contribution in [3.05, 3.63) is 46.5 Å². The van der Waals surface area contributed by atoms with Crippen molar-refractivity contribution in [3.63, 3.8) is 0 Å². The number of benzene rings is 1. The summed E-state index contributed by atoms with van der Waals surface area (Å²) in [6, 6.07) is -0.153. The van der Waals surface area contributed by atoms with Crippen molar-refractivity contribution < 1.29 is 17.7 Å². The number of alkyl halides is 2. The lowest BCUT2D eigenvalue weighted by atomic mass is 9.67. The van der Waals surface area contributed by atoms with Gasteiger partial charge in [-0.25, -0.2) is 8.78 Å². The van der Waals surface area contributed by atoms with Crippen molar-refractivity contribution in [2.45, 2.75) is 177 Å². The van der Waals surface area contributed by atoms with Crippen LogP contribution in [0.25, 0.3) is 0 Å². The van der Waals surface area contributed by atoms with E-state index in [-0.39, 0.29) is 72.9 Å². The molecule has 8 heteroatoms. The molecule has 3 heterocycles. The molecule has 1 saturated carbocycles. The Morgan fingerprint density at radius 3 is 2.38 bits per heavy atom. The van der Waals surface area contributed by atoms with Gasteiger partial charge in [-0.15, -0.1) is 10.2 Å². The summed E-state index contributed by atoms with van der Waals surface area (Å²) in [5.74, 6) is -1.60. The highest BCUT2D eigenvalue weighted by Gasteiger charge is 2.57.